The van der Waals surface area contributed by atoms with Gasteiger partial charge >= 0.3 is 0 Å². The van der Waals surface area contributed by atoms with Gasteiger partial charge in [-0.05, 0) is 93.3 Å². The van der Waals surface area contributed by atoms with E-state index < -0.39 is 5.60 Å². The van der Waals surface area contributed by atoms with Gasteiger partial charge in [0, 0.05) is 5.92 Å². The Kier molecular flexibility index (Phi) is 5.68. The molecule has 0 saturated heterocycles. The first kappa shape index (κ1) is 22.3. The highest BCUT2D eigenvalue weighted by molar-refractivity contribution is 5.39. The van der Waals surface area contributed by atoms with Crippen LogP contribution in [0.1, 0.15) is 86.5 Å². The Morgan fingerprint density at radius 2 is 1.73 bits per heavy atom. The van der Waals surface area contributed by atoms with Crippen LogP contribution in [0, 0.1) is 40.4 Å². The highest BCUT2D eigenvalue weighted by Gasteiger charge is 2.56. The van der Waals surface area contributed by atoms with E-state index in [1.165, 1.54) is 31.3 Å². The predicted octanol–water partition coefficient (Wildman–Crippen LogP) is 6.45. The van der Waals surface area contributed by atoms with E-state index in [9.17, 15) is 10.2 Å². The van der Waals surface area contributed by atoms with Crippen molar-refractivity contribution < 1.29 is 10.2 Å². The molecule has 168 valence electrons. The highest BCUT2D eigenvalue weighted by Crippen LogP contribution is 2.65. The van der Waals surface area contributed by atoms with Crippen LogP contribution in [0.3, 0.4) is 0 Å². The number of aliphatic hydroxyl groups is 2. The van der Waals surface area contributed by atoms with Gasteiger partial charge in [0.15, 0.2) is 0 Å². The number of fused-ring (bicyclic) bond motifs is 5. The third-order valence-corrected chi connectivity index (χ3v) is 10.1. The topological polar surface area (TPSA) is 40.5 Å². The Bertz CT molecular complexity index is 753. The number of hydrogen-bond donors (Lipinski definition) is 2. The van der Waals surface area contributed by atoms with Crippen molar-refractivity contribution in [2.75, 3.05) is 0 Å². The Hall–Kier alpha value is -0.860. The second-order valence-corrected chi connectivity index (χ2v) is 12.2. The lowest BCUT2D eigenvalue weighted by Crippen LogP contribution is -2.46. The molecule has 2 N–H and O–H groups in total. The maximum absolute atomic E-state index is 10.3. The van der Waals surface area contributed by atoms with Gasteiger partial charge in [0.1, 0.15) is 0 Å². The number of allylic oxidation sites excluding steroid dienone is 4. The molecule has 0 heterocycles. The van der Waals surface area contributed by atoms with E-state index in [4.69, 9.17) is 0 Å². The van der Waals surface area contributed by atoms with Crippen molar-refractivity contribution in [1.82, 2.24) is 0 Å². The maximum Gasteiger partial charge on any atom is 0.0651 e. The summed E-state index contributed by atoms with van der Waals surface area (Å²) in [4.78, 5) is 0. The van der Waals surface area contributed by atoms with Crippen molar-refractivity contribution in [2.24, 2.45) is 40.4 Å². The van der Waals surface area contributed by atoms with Crippen molar-refractivity contribution in [3.05, 3.63) is 35.5 Å². The summed E-state index contributed by atoms with van der Waals surface area (Å²) in [5.74, 6) is 2.85. The normalized spacial score (nSPS) is 43.3. The van der Waals surface area contributed by atoms with Crippen LogP contribution in [0.5, 0.6) is 0 Å². The molecule has 2 nitrogen and oxygen atoms in total. The lowest BCUT2D eigenvalue weighted by molar-refractivity contribution is 0.0370. The van der Waals surface area contributed by atoms with Gasteiger partial charge in [-0.2, -0.15) is 0 Å². The van der Waals surface area contributed by atoms with Crippen LogP contribution in [-0.2, 0) is 0 Å². The Labute approximate surface area is 184 Å². The fourth-order valence-corrected chi connectivity index (χ4v) is 7.60. The van der Waals surface area contributed by atoms with Crippen LogP contribution >= 0.6 is 0 Å². The monoisotopic (exact) mass is 412 g/mol. The van der Waals surface area contributed by atoms with Crippen LogP contribution in [0.15, 0.2) is 35.5 Å². The zero-order valence-corrected chi connectivity index (χ0v) is 20.1. The molecule has 4 aliphatic rings. The van der Waals surface area contributed by atoms with E-state index >= 15 is 0 Å². The molecular formula is C28H44O2. The van der Waals surface area contributed by atoms with Crippen LogP contribution in [0.4, 0.5) is 0 Å². The molecule has 2 unspecified atom stereocenters. The van der Waals surface area contributed by atoms with Crippen molar-refractivity contribution in [3.63, 3.8) is 0 Å². The van der Waals surface area contributed by atoms with Gasteiger partial charge in [-0.25, -0.2) is 0 Å². The third kappa shape index (κ3) is 3.56. The van der Waals surface area contributed by atoms with Crippen molar-refractivity contribution >= 4 is 0 Å². The SMILES string of the molecule is CC(/C=C/C(C)C(C)(C)O)[C@H]1CC[C@H]2C3=CC=C4C[C@@H](O)CC[C@]4(C)[C@H]3CC[C@]12C. The van der Waals surface area contributed by atoms with Crippen molar-refractivity contribution in [1.29, 1.82) is 0 Å². The van der Waals surface area contributed by atoms with Crippen LogP contribution in [-0.4, -0.2) is 21.9 Å². The number of hydrogen-bond acceptors (Lipinski definition) is 2. The molecule has 0 amide bonds. The summed E-state index contributed by atoms with van der Waals surface area (Å²) in [5, 5.41) is 20.5. The summed E-state index contributed by atoms with van der Waals surface area (Å²) in [6, 6.07) is 0. The average Bonchev–Trinajstić information content (AvgIpc) is 3.03. The molecule has 8 atom stereocenters. The molecule has 30 heavy (non-hydrogen) atoms. The molecule has 0 spiro atoms. The van der Waals surface area contributed by atoms with E-state index in [1.54, 1.807) is 5.57 Å². The molecule has 0 aromatic rings. The van der Waals surface area contributed by atoms with Crippen LogP contribution in [0.25, 0.3) is 0 Å². The molecule has 4 rings (SSSR count). The fourth-order valence-electron chi connectivity index (χ4n) is 7.60. The quantitative estimate of drug-likeness (QED) is 0.521. The minimum atomic E-state index is -0.656. The first-order valence-corrected chi connectivity index (χ1v) is 12.5. The summed E-state index contributed by atoms with van der Waals surface area (Å²) in [7, 11) is 0. The molecule has 3 saturated carbocycles. The number of rotatable bonds is 4. The molecule has 0 radical (unpaired) electrons. The molecule has 3 fully saturated rings. The first-order valence-electron chi connectivity index (χ1n) is 12.5. The molecule has 0 aromatic heterocycles. The smallest absolute Gasteiger partial charge is 0.0651 e. The fraction of sp³-hybridized carbons (Fsp3) is 0.786. The van der Waals surface area contributed by atoms with Gasteiger partial charge in [-0.15, -0.1) is 0 Å². The minimum absolute atomic E-state index is 0.136. The zero-order chi connectivity index (χ0) is 21.9. The third-order valence-electron chi connectivity index (χ3n) is 10.1. The van der Waals surface area contributed by atoms with E-state index in [0.29, 0.717) is 23.2 Å². The van der Waals surface area contributed by atoms with Crippen molar-refractivity contribution in [2.45, 2.75) is 98.2 Å². The van der Waals surface area contributed by atoms with Crippen molar-refractivity contribution in [3.8, 4) is 0 Å². The average molecular weight is 413 g/mol. The minimum Gasteiger partial charge on any atom is -0.393 e. The number of aliphatic hydroxyl groups excluding tert-OH is 1. The van der Waals surface area contributed by atoms with Crippen LogP contribution < -0.4 is 0 Å². The molecule has 0 aromatic carbocycles. The van der Waals surface area contributed by atoms with Crippen LogP contribution in [0.2, 0.25) is 0 Å². The Balaban J connectivity index is 1.56. The zero-order valence-electron chi connectivity index (χ0n) is 20.1. The van der Waals surface area contributed by atoms with Gasteiger partial charge < -0.3 is 10.2 Å². The van der Waals surface area contributed by atoms with Gasteiger partial charge in [0.05, 0.1) is 11.7 Å². The predicted molar refractivity (Wildman–Crippen MR) is 125 cm³/mol. The summed E-state index contributed by atoms with van der Waals surface area (Å²) in [5.41, 5.74) is 3.24. The maximum atomic E-state index is 10.3. The lowest BCUT2D eigenvalue weighted by atomic mass is 9.50. The first-order chi connectivity index (χ1) is 14.0. The highest BCUT2D eigenvalue weighted by atomic mass is 16.3. The molecule has 4 aliphatic carbocycles. The molecular weight excluding hydrogens is 368 g/mol. The summed E-state index contributed by atoms with van der Waals surface area (Å²) in [6.07, 6.45) is 17.6. The Morgan fingerprint density at radius 3 is 2.43 bits per heavy atom. The van der Waals surface area contributed by atoms with E-state index in [2.05, 4.69) is 52.0 Å². The van der Waals surface area contributed by atoms with Gasteiger partial charge in [-0.1, -0.05) is 63.1 Å². The summed E-state index contributed by atoms with van der Waals surface area (Å²) < 4.78 is 0. The molecule has 0 aliphatic heterocycles. The van der Waals surface area contributed by atoms with Gasteiger partial charge in [0.25, 0.3) is 0 Å². The van der Waals surface area contributed by atoms with E-state index in [0.717, 1.165) is 25.2 Å². The molecule has 0 bridgehead atoms. The lowest BCUT2D eigenvalue weighted by Gasteiger charge is -2.55. The second kappa shape index (κ2) is 7.62. The largest absolute Gasteiger partial charge is 0.393 e. The standard InChI is InChI=1S/C28H44O2/c1-18(7-8-19(2)26(3,4)30)23-11-12-24-22-10-9-20-17-21(29)13-15-27(20,5)25(22)14-16-28(23,24)6/h7-10,18-19,21,23-25,29-30H,11-17H2,1-6H3/b8-7+/t18?,19?,21-,23+,24-,25-,27-,28+/m0/s1. The second-order valence-electron chi connectivity index (χ2n) is 12.2. The summed E-state index contributed by atoms with van der Waals surface area (Å²) in [6.45, 7) is 13.4. The van der Waals surface area contributed by atoms with Gasteiger partial charge in [0.2, 0.25) is 0 Å². The summed E-state index contributed by atoms with van der Waals surface area (Å²) >= 11 is 0. The molecule has 2 heteroatoms. The van der Waals surface area contributed by atoms with E-state index in [-0.39, 0.29) is 17.4 Å². The van der Waals surface area contributed by atoms with E-state index in [1.807, 2.05) is 13.8 Å². The van der Waals surface area contributed by atoms with Gasteiger partial charge in [-0.3, -0.25) is 0 Å². The Morgan fingerprint density at radius 1 is 1.00 bits per heavy atom.